The van der Waals surface area contributed by atoms with Crippen LogP contribution in [0.3, 0.4) is 0 Å². The number of ether oxygens (including phenoxy) is 2. The van der Waals surface area contributed by atoms with E-state index in [-0.39, 0.29) is 17.4 Å². The highest BCUT2D eigenvalue weighted by atomic mass is 16.5. The number of carbonyl (C=O) groups is 1. The molecule has 7 nitrogen and oxygen atoms in total. The second-order valence-corrected chi connectivity index (χ2v) is 7.39. The summed E-state index contributed by atoms with van der Waals surface area (Å²) < 4.78 is 11.3. The van der Waals surface area contributed by atoms with Crippen molar-refractivity contribution in [2.75, 3.05) is 13.7 Å². The number of aryl methyl sites for hydroxylation is 1. The molecule has 1 N–H and O–H groups in total. The van der Waals surface area contributed by atoms with Crippen LogP contribution in [0.25, 0.3) is 11.4 Å². The van der Waals surface area contributed by atoms with Gasteiger partial charge in [0.15, 0.2) is 5.82 Å². The van der Waals surface area contributed by atoms with Crippen molar-refractivity contribution in [2.24, 2.45) is 0 Å². The van der Waals surface area contributed by atoms with Gasteiger partial charge in [-0.1, -0.05) is 18.2 Å². The van der Waals surface area contributed by atoms with Crippen LogP contribution in [0.5, 0.6) is 17.4 Å². The largest absolute Gasteiger partial charge is 0.497 e. The lowest BCUT2D eigenvalue weighted by atomic mass is 10.2. The third-order valence-corrected chi connectivity index (χ3v) is 4.94. The zero-order valence-corrected chi connectivity index (χ0v) is 18.5. The van der Waals surface area contributed by atoms with Crippen molar-refractivity contribution in [1.82, 2.24) is 20.3 Å². The van der Waals surface area contributed by atoms with E-state index in [1.165, 1.54) is 6.20 Å². The molecule has 0 aliphatic heterocycles. The number of carbonyl (C=O) groups excluding carboxylic acids is 1. The Morgan fingerprint density at radius 3 is 2.55 bits per heavy atom. The Morgan fingerprint density at radius 2 is 1.82 bits per heavy atom. The fraction of sp³-hybridized carbons (Fsp3) is 0.154. The number of rotatable bonds is 8. The number of nitrogens with one attached hydrogen (secondary N) is 1. The van der Waals surface area contributed by atoms with Gasteiger partial charge < -0.3 is 14.8 Å². The molecule has 2 aromatic heterocycles. The Balaban J connectivity index is 1.59. The highest BCUT2D eigenvalue weighted by Crippen LogP contribution is 2.27. The number of aromatic nitrogens is 3. The molecule has 0 fully saturated rings. The van der Waals surface area contributed by atoms with Crippen LogP contribution in [-0.4, -0.2) is 34.5 Å². The lowest BCUT2D eigenvalue weighted by Gasteiger charge is -2.12. The fourth-order valence-corrected chi connectivity index (χ4v) is 3.21. The highest BCUT2D eigenvalue weighted by molar-refractivity contribution is 5.96. The second kappa shape index (κ2) is 10.4. The monoisotopic (exact) mass is 440 g/mol. The zero-order chi connectivity index (χ0) is 23.0. The van der Waals surface area contributed by atoms with Gasteiger partial charge in [-0.05, 0) is 61.0 Å². The summed E-state index contributed by atoms with van der Waals surface area (Å²) in [5.41, 5.74) is 2.99. The molecule has 166 valence electrons. The van der Waals surface area contributed by atoms with Crippen LogP contribution in [-0.2, 0) is 6.42 Å². The van der Waals surface area contributed by atoms with Gasteiger partial charge in [0.1, 0.15) is 17.1 Å². The van der Waals surface area contributed by atoms with E-state index in [1.54, 1.807) is 13.3 Å². The first-order valence-corrected chi connectivity index (χ1v) is 10.6. The lowest BCUT2D eigenvalue weighted by Crippen LogP contribution is -2.26. The van der Waals surface area contributed by atoms with E-state index in [9.17, 15) is 4.79 Å². The highest BCUT2D eigenvalue weighted by Gasteiger charge is 2.18. The minimum absolute atomic E-state index is 0.191. The quantitative estimate of drug-likeness (QED) is 0.430. The van der Waals surface area contributed by atoms with Gasteiger partial charge in [-0.3, -0.25) is 9.78 Å². The molecule has 0 spiro atoms. The molecule has 0 radical (unpaired) electrons. The Morgan fingerprint density at radius 1 is 0.970 bits per heavy atom. The summed E-state index contributed by atoms with van der Waals surface area (Å²) >= 11 is 0. The smallest absolute Gasteiger partial charge is 0.258 e. The standard InChI is InChI=1S/C26H24N4O3/c1-18-6-5-8-22(16-18)33-26-23(25(31)28-15-13-20-7-3-4-14-27-20)17-29-24(30-26)19-9-11-21(32-2)12-10-19/h3-12,14,16-17H,13,15H2,1-2H3,(H,28,31). The van der Waals surface area contributed by atoms with Crippen LogP contribution >= 0.6 is 0 Å². The first kappa shape index (κ1) is 22.0. The summed E-state index contributed by atoms with van der Waals surface area (Å²) in [5, 5.41) is 2.90. The predicted octanol–water partition coefficient (Wildman–Crippen LogP) is 4.62. The third-order valence-electron chi connectivity index (χ3n) is 4.94. The summed E-state index contributed by atoms with van der Waals surface area (Å²) in [6, 6.07) is 20.7. The van der Waals surface area contributed by atoms with Gasteiger partial charge in [0.2, 0.25) is 5.88 Å². The molecule has 0 aliphatic rings. The van der Waals surface area contributed by atoms with Gasteiger partial charge in [-0.25, -0.2) is 4.98 Å². The van der Waals surface area contributed by atoms with Crippen molar-refractivity contribution in [3.63, 3.8) is 0 Å². The van der Waals surface area contributed by atoms with Crippen LogP contribution in [0, 0.1) is 6.92 Å². The van der Waals surface area contributed by atoms with Crippen LogP contribution in [0.2, 0.25) is 0 Å². The lowest BCUT2D eigenvalue weighted by molar-refractivity contribution is 0.0950. The van der Waals surface area contributed by atoms with Gasteiger partial charge in [0, 0.05) is 36.6 Å². The number of nitrogens with zero attached hydrogens (tertiary/aromatic N) is 3. The van der Waals surface area contributed by atoms with E-state index in [1.807, 2.05) is 73.7 Å². The van der Waals surface area contributed by atoms with Crippen LogP contribution in [0.4, 0.5) is 0 Å². The Hall–Kier alpha value is -4.26. The van der Waals surface area contributed by atoms with Gasteiger partial charge in [-0.15, -0.1) is 0 Å². The van der Waals surface area contributed by atoms with E-state index >= 15 is 0 Å². The average molecular weight is 441 g/mol. The average Bonchev–Trinajstić information content (AvgIpc) is 2.85. The third kappa shape index (κ3) is 5.71. The summed E-state index contributed by atoms with van der Waals surface area (Å²) in [6.45, 7) is 2.40. The Labute approximate surface area is 192 Å². The molecule has 0 unspecified atom stereocenters. The van der Waals surface area contributed by atoms with Gasteiger partial charge in [-0.2, -0.15) is 4.98 Å². The fourth-order valence-electron chi connectivity index (χ4n) is 3.21. The molecular weight excluding hydrogens is 416 g/mol. The maximum Gasteiger partial charge on any atom is 0.258 e. The number of hydrogen-bond donors (Lipinski definition) is 1. The molecule has 2 aromatic carbocycles. The summed E-state index contributed by atoms with van der Waals surface area (Å²) in [7, 11) is 1.61. The topological polar surface area (TPSA) is 86.2 Å². The van der Waals surface area contributed by atoms with Crippen molar-refractivity contribution in [2.45, 2.75) is 13.3 Å². The molecule has 0 saturated carbocycles. The van der Waals surface area contributed by atoms with Crippen LogP contribution < -0.4 is 14.8 Å². The normalized spacial score (nSPS) is 10.5. The molecule has 0 atom stereocenters. The van der Waals surface area contributed by atoms with Crippen molar-refractivity contribution in [3.8, 4) is 28.8 Å². The molecule has 4 aromatic rings. The van der Waals surface area contributed by atoms with Crippen LogP contribution in [0.15, 0.2) is 79.1 Å². The molecule has 2 heterocycles. The number of pyridine rings is 1. The summed E-state index contributed by atoms with van der Waals surface area (Å²) in [5.74, 6) is 1.66. The van der Waals surface area contributed by atoms with Gasteiger partial charge in [0.05, 0.1) is 7.11 Å². The molecule has 0 bridgehead atoms. The van der Waals surface area contributed by atoms with E-state index in [2.05, 4.69) is 20.3 Å². The molecule has 4 rings (SSSR count). The SMILES string of the molecule is COc1ccc(-c2ncc(C(=O)NCCc3ccccn3)c(Oc3cccc(C)c3)n2)cc1. The second-order valence-electron chi connectivity index (χ2n) is 7.39. The minimum Gasteiger partial charge on any atom is -0.497 e. The Bertz CT molecular complexity index is 1230. The van der Waals surface area contributed by atoms with Crippen molar-refractivity contribution >= 4 is 5.91 Å². The summed E-state index contributed by atoms with van der Waals surface area (Å²) in [6.07, 6.45) is 3.84. The molecular formula is C26H24N4O3. The molecule has 0 saturated heterocycles. The predicted molar refractivity (Wildman–Crippen MR) is 126 cm³/mol. The van der Waals surface area contributed by atoms with E-state index < -0.39 is 0 Å². The summed E-state index contributed by atoms with van der Waals surface area (Å²) in [4.78, 5) is 26.2. The van der Waals surface area contributed by atoms with Gasteiger partial charge in [0.25, 0.3) is 5.91 Å². The van der Waals surface area contributed by atoms with Crippen LogP contribution in [0.1, 0.15) is 21.6 Å². The zero-order valence-electron chi connectivity index (χ0n) is 18.5. The van der Waals surface area contributed by atoms with Crippen molar-refractivity contribution < 1.29 is 14.3 Å². The maximum atomic E-state index is 12.9. The number of methoxy groups -OCH3 is 1. The molecule has 1 amide bonds. The maximum absolute atomic E-state index is 12.9. The van der Waals surface area contributed by atoms with E-state index in [0.717, 1.165) is 22.6 Å². The van der Waals surface area contributed by atoms with E-state index in [4.69, 9.17) is 9.47 Å². The number of hydrogen-bond acceptors (Lipinski definition) is 6. The molecule has 33 heavy (non-hydrogen) atoms. The van der Waals surface area contributed by atoms with Gasteiger partial charge >= 0.3 is 0 Å². The number of amides is 1. The first-order chi connectivity index (χ1) is 16.1. The first-order valence-electron chi connectivity index (χ1n) is 10.6. The minimum atomic E-state index is -0.310. The number of benzene rings is 2. The molecule has 0 aliphatic carbocycles. The molecule has 7 heteroatoms. The Kier molecular flexibility index (Phi) is 6.90. The van der Waals surface area contributed by atoms with Crippen molar-refractivity contribution in [3.05, 3.63) is 95.9 Å². The van der Waals surface area contributed by atoms with Crippen molar-refractivity contribution in [1.29, 1.82) is 0 Å². The van der Waals surface area contributed by atoms with E-state index in [0.29, 0.717) is 24.5 Å².